The minimum absolute atomic E-state index is 0.762. The minimum atomic E-state index is -0.906. The number of carboxylic acids is 1. The molecule has 0 aliphatic heterocycles. The van der Waals surface area contributed by atoms with Crippen molar-refractivity contribution in [2.45, 2.75) is 44.6 Å². The fourth-order valence-corrected chi connectivity index (χ4v) is 2.35. The van der Waals surface area contributed by atoms with Crippen molar-refractivity contribution in [3.63, 3.8) is 0 Å². The van der Waals surface area contributed by atoms with Gasteiger partial charge in [0.05, 0.1) is 0 Å². The number of rotatable bonds is 7. The van der Waals surface area contributed by atoms with Gasteiger partial charge in [-0.25, -0.2) is 4.79 Å². The lowest BCUT2D eigenvalue weighted by Crippen LogP contribution is -2.34. The Hall–Kier alpha value is -1.03. The van der Waals surface area contributed by atoms with Crippen LogP contribution in [0, 0.1) is 0 Å². The lowest BCUT2D eigenvalue weighted by molar-refractivity contribution is -0.131. The van der Waals surface area contributed by atoms with E-state index >= 15 is 0 Å². The molecule has 0 aromatic carbocycles. The zero-order valence-electron chi connectivity index (χ0n) is 10.7. The maximum atomic E-state index is 10.2. The minimum Gasteiger partial charge on any atom is -0.478 e. The molecular formula is C13H24N2O2. The predicted molar refractivity (Wildman–Crippen MR) is 68.9 cm³/mol. The third-order valence-electron chi connectivity index (χ3n) is 3.37. The number of carboxylic acid groups (broad SMARTS) is 1. The zero-order valence-corrected chi connectivity index (χ0v) is 10.7. The van der Waals surface area contributed by atoms with Crippen LogP contribution in [0.1, 0.15) is 38.5 Å². The van der Waals surface area contributed by atoms with Crippen molar-refractivity contribution in [3.05, 3.63) is 12.3 Å². The van der Waals surface area contributed by atoms with E-state index in [4.69, 9.17) is 5.11 Å². The Morgan fingerprint density at radius 1 is 1.41 bits per heavy atom. The maximum Gasteiger partial charge on any atom is 0.329 e. The first-order chi connectivity index (χ1) is 8.20. The second-order valence-electron chi connectivity index (χ2n) is 4.75. The normalized spacial score (nSPS) is 17.8. The number of hydrogen-bond donors (Lipinski definition) is 2. The van der Waals surface area contributed by atoms with E-state index in [0.717, 1.165) is 31.6 Å². The summed E-state index contributed by atoms with van der Waals surface area (Å²) in [7, 11) is 2.20. The average Bonchev–Trinajstić information content (AvgIpc) is 2.34. The molecule has 1 rings (SSSR count). The Balaban J connectivity index is 2.03. The Kier molecular flexibility index (Phi) is 6.70. The molecule has 0 radical (unpaired) electrons. The molecule has 0 amide bonds. The monoisotopic (exact) mass is 240 g/mol. The van der Waals surface area contributed by atoms with Gasteiger partial charge >= 0.3 is 5.97 Å². The number of carbonyl (C=O) groups is 1. The SMILES string of the molecule is CN(CCCN/C=C/C(=O)O)C1CCCCC1. The topological polar surface area (TPSA) is 52.6 Å². The van der Waals surface area contributed by atoms with Crippen molar-refractivity contribution in [1.29, 1.82) is 0 Å². The fraction of sp³-hybridized carbons (Fsp3) is 0.769. The van der Waals surface area contributed by atoms with Gasteiger partial charge in [0.1, 0.15) is 0 Å². The van der Waals surface area contributed by atoms with E-state index in [2.05, 4.69) is 17.3 Å². The molecular weight excluding hydrogens is 216 g/mol. The van der Waals surface area contributed by atoms with Crippen LogP contribution in [0.3, 0.4) is 0 Å². The van der Waals surface area contributed by atoms with Crippen molar-refractivity contribution < 1.29 is 9.90 Å². The lowest BCUT2D eigenvalue weighted by Gasteiger charge is -2.31. The summed E-state index contributed by atoms with van der Waals surface area (Å²) in [4.78, 5) is 12.7. The summed E-state index contributed by atoms with van der Waals surface area (Å²) in [6.07, 6.45) is 10.5. The van der Waals surface area contributed by atoms with Gasteiger partial charge in [-0.2, -0.15) is 0 Å². The smallest absolute Gasteiger partial charge is 0.329 e. The highest BCUT2D eigenvalue weighted by Gasteiger charge is 2.16. The predicted octanol–water partition coefficient (Wildman–Crippen LogP) is 1.83. The summed E-state index contributed by atoms with van der Waals surface area (Å²) in [6, 6.07) is 0.762. The van der Waals surface area contributed by atoms with Gasteiger partial charge in [0.15, 0.2) is 0 Å². The van der Waals surface area contributed by atoms with Gasteiger partial charge in [-0.1, -0.05) is 19.3 Å². The van der Waals surface area contributed by atoms with Crippen LogP contribution in [0.15, 0.2) is 12.3 Å². The van der Waals surface area contributed by atoms with Crippen LogP contribution >= 0.6 is 0 Å². The molecule has 0 unspecified atom stereocenters. The first kappa shape index (κ1) is 14.0. The van der Waals surface area contributed by atoms with E-state index in [1.807, 2.05) is 0 Å². The third-order valence-corrected chi connectivity index (χ3v) is 3.37. The quantitative estimate of drug-likeness (QED) is 0.526. The number of nitrogens with zero attached hydrogens (tertiary/aromatic N) is 1. The van der Waals surface area contributed by atoms with Gasteiger partial charge in [-0.05, 0) is 32.9 Å². The van der Waals surface area contributed by atoms with Gasteiger partial charge in [0.2, 0.25) is 0 Å². The van der Waals surface area contributed by atoms with Crippen LogP contribution in [0.5, 0.6) is 0 Å². The highest BCUT2D eigenvalue weighted by Crippen LogP contribution is 2.21. The highest BCUT2D eigenvalue weighted by molar-refractivity contribution is 5.79. The van der Waals surface area contributed by atoms with E-state index in [1.165, 1.54) is 38.3 Å². The standard InChI is InChI=1S/C13H24N2O2/c1-15(12-6-3-2-4-7-12)11-5-9-14-10-8-13(16)17/h8,10,12,14H,2-7,9,11H2,1H3,(H,16,17)/b10-8+. The Labute approximate surface area is 104 Å². The molecule has 0 spiro atoms. The van der Waals surface area contributed by atoms with Crippen LogP contribution in [-0.2, 0) is 4.79 Å². The van der Waals surface area contributed by atoms with E-state index in [0.29, 0.717) is 0 Å². The van der Waals surface area contributed by atoms with Crippen LogP contribution in [-0.4, -0.2) is 42.2 Å². The summed E-state index contributed by atoms with van der Waals surface area (Å²) in [5.74, 6) is -0.906. The van der Waals surface area contributed by atoms with Crippen molar-refractivity contribution in [2.75, 3.05) is 20.1 Å². The highest BCUT2D eigenvalue weighted by atomic mass is 16.4. The molecule has 0 heterocycles. The second kappa shape index (κ2) is 8.12. The first-order valence-corrected chi connectivity index (χ1v) is 6.53. The molecule has 1 fully saturated rings. The van der Waals surface area contributed by atoms with Gasteiger partial charge < -0.3 is 15.3 Å². The maximum absolute atomic E-state index is 10.2. The molecule has 1 saturated carbocycles. The molecule has 4 heteroatoms. The van der Waals surface area contributed by atoms with Crippen molar-refractivity contribution in [3.8, 4) is 0 Å². The van der Waals surface area contributed by atoms with Crippen LogP contribution in [0.4, 0.5) is 0 Å². The Morgan fingerprint density at radius 2 is 2.12 bits per heavy atom. The van der Waals surface area contributed by atoms with Crippen molar-refractivity contribution >= 4 is 5.97 Å². The Morgan fingerprint density at radius 3 is 2.76 bits per heavy atom. The molecule has 4 nitrogen and oxygen atoms in total. The van der Waals surface area contributed by atoms with Crippen LogP contribution in [0.25, 0.3) is 0 Å². The molecule has 1 aliphatic carbocycles. The summed E-state index contributed by atoms with van der Waals surface area (Å²) >= 11 is 0. The molecule has 0 bridgehead atoms. The van der Waals surface area contributed by atoms with Crippen molar-refractivity contribution in [1.82, 2.24) is 10.2 Å². The second-order valence-corrected chi connectivity index (χ2v) is 4.75. The summed E-state index contributed by atoms with van der Waals surface area (Å²) < 4.78 is 0. The molecule has 0 atom stereocenters. The van der Waals surface area contributed by atoms with Gasteiger partial charge in [-0.15, -0.1) is 0 Å². The van der Waals surface area contributed by atoms with E-state index in [-0.39, 0.29) is 0 Å². The largest absolute Gasteiger partial charge is 0.478 e. The lowest BCUT2D eigenvalue weighted by atomic mass is 9.94. The van der Waals surface area contributed by atoms with Crippen LogP contribution < -0.4 is 5.32 Å². The van der Waals surface area contributed by atoms with Crippen LogP contribution in [0.2, 0.25) is 0 Å². The van der Waals surface area contributed by atoms with Crippen molar-refractivity contribution in [2.24, 2.45) is 0 Å². The molecule has 2 N–H and O–H groups in total. The molecule has 17 heavy (non-hydrogen) atoms. The number of aliphatic carboxylic acids is 1. The summed E-state index contributed by atoms with van der Waals surface area (Å²) in [6.45, 7) is 1.92. The van der Waals surface area contributed by atoms with E-state index in [9.17, 15) is 4.79 Å². The van der Waals surface area contributed by atoms with Gasteiger partial charge in [0.25, 0.3) is 0 Å². The molecule has 0 aromatic heterocycles. The third kappa shape index (κ3) is 6.31. The Bertz CT molecular complexity index is 248. The first-order valence-electron chi connectivity index (χ1n) is 6.53. The molecule has 1 aliphatic rings. The fourth-order valence-electron chi connectivity index (χ4n) is 2.35. The van der Waals surface area contributed by atoms with Gasteiger partial charge in [-0.3, -0.25) is 0 Å². The van der Waals surface area contributed by atoms with E-state index < -0.39 is 5.97 Å². The van der Waals surface area contributed by atoms with E-state index in [1.54, 1.807) is 0 Å². The molecule has 0 aromatic rings. The van der Waals surface area contributed by atoms with Gasteiger partial charge in [0, 0.05) is 24.9 Å². The zero-order chi connectivity index (χ0) is 12.5. The summed E-state index contributed by atoms with van der Waals surface area (Å²) in [5, 5.41) is 11.4. The number of hydrogen-bond acceptors (Lipinski definition) is 3. The summed E-state index contributed by atoms with van der Waals surface area (Å²) in [5.41, 5.74) is 0. The molecule has 98 valence electrons. The average molecular weight is 240 g/mol. The molecule has 0 saturated heterocycles. The number of nitrogens with one attached hydrogen (secondary N) is 1.